The number of ether oxygens (including phenoxy) is 1. The smallest absolute Gasteiger partial charge is 0.410 e. The Balaban J connectivity index is 2.16. The van der Waals surface area contributed by atoms with Gasteiger partial charge in [-0.05, 0) is 45.7 Å². The van der Waals surface area contributed by atoms with Crippen LogP contribution in [0.25, 0.3) is 0 Å². The fourth-order valence-electron chi connectivity index (χ4n) is 2.56. The Bertz CT molecular complexity index is 762. The molecule has 8 heteroatoms. The van der Waals surface area contributed by atoms with Gasteiger partial charge in [0.05, 0.1) is 17.4 Å². The topological polar surface area (TPSA) is 100 Å². The molecule has 0 aromatic carbocycles. The van der Waals surface area contributed by atoms with Crippen molar-refractivity contribution in [3.05, 3.63) is 23.9 Å². The highest BCUT2D eigenvalue weighted by molar-refractivity contribution is 7.91. The van der Waals surface area contributed by atoms with Gasteiger partial charge in [0.2, 0.25) is 0 Å². The Morgan fingerprint density at radius 1 is 1.50 bits per heavy atom. The SMILES string of the molecule is CC(C)(C)OC(=O)N1CCCC1CS(=O)(=O)c1cc(C#N)ccn1. The van der Waals surface area contributed by atoms with Gasteiger partial charge in [0.1, 0.15) is 5.60 Å². The van der Waals surface area contributed by atoms with Crippen LogP contribution >= 0.6 is 0 Å². The van der Waals surface area contributed by atoms with E-state index in [0.717, 1.165) is 6.42 Å². The zero-order chi connectivity index (χ0) is 18.0. The molecule has 1 amide bonds. The molecule has 1 saturated heterocycles. The van der Waals surface area contributed by atoms with Gasteiger partial charge < -0.3 is 9.64 Å². The van der Waals surface area contributed by atoms with Crippen molar-refractivity contribution in [1.82, 2.24) is 9.88 Å². The summed E-state index contributed by atoms with van der Waals surface area (Å²) in [5.74, 6) is -0.228. The average Bonchev–Trinajstić information content (AvgIpc) is 2.93. The molecule has 1 aromatic heterocycles. The number of hydrogen-bond acceptors (Lipinski definition) is 6. The molecule has 0 radical (unpaired) electrons. The molecule has 0 bridgehead atoms. The molecule has 1 aliphatic heterocycles. The molecule has 0 N–H and O–H groups in total. The Labute approximate surface area is 142 Å². The summed E-state index contributed by atoms with van der Waals surface area (Å²) in [7, 11) is -3.70. The van der Waals surface area contributed by atoms with E-state index in [0.29, 0.717) is 13.0 Å². The molecule has 7 nitrogen and oxygen atoms in total. The summed E-state index contributed by atoms with van der Waals surface area (Å²) in [6, 6.07) is 4.15. The molecule has 2 heterocycles. The fraction of sp³-hybridized carbons (Fsp3) is 0.562. The largest absolute Gasteiger partial charge is 0.444 e. The molecule has 0 saturated carbocycles. The maximum Gasteiger partial charge on any atom is 0.410 e. The number of pyridine rings is 1. The lowest BCUT2D eigenvalue weighted by atomic mass is 10.2. The number of aromatic nitrogens is 1. The number of hydrogen-bond donors (Lipinski definition) is 0. The van der Waals surface area contributed by atoms with Gasteiger partial charge in [-0.1, -0.05) is 0 Å². The molecule has 1 unspecified atom stereocenters. The normalized spacial score (nSPS) is 18.2. The molecular weight excluding hydrogens is 330 g/mol. The van der Waals surface area contributed by atoms with E-state index in [1.165, 1.54) is 23.2 Å². The van der Waals surface area contributed by atoms with Gasteiger partial charge in [-0.25, -0.2) is 18.2 Å². The quantitative estimate of drug-likeness (QED) is 0.827. The number of amides is 1. The van der Waals surface area contributed by atoms with E-state index in [1.54, 1.807) is 20.8 Å². The summed E-state index contributed by atoms with van der Waals surface area (Å²) in [5, 5.41) is 8.75. The number of carbonyl (C=O) groups is 1. The zero-order valence-corrected chi connectivity index (χ0v) is 14.8. The second kappa shape index (κ2) is 6.77. The number of nitrogens with zero attached hydrogens (tertiary/aromatic N) is 3. The molecule has 1 fully saturated rings. The zero-order valence-electron chi connectivity index (χ0n) is 14.0. The third-order valence-electron chi connectivity index (χ3n) is 3.60. The van der Waals surface area contributed by atoms with Crippen LogP contribution in [0.3, 0.4) is 0 Å². The summed E-state index contributed by atoms with van der Waals surface area (Å²) in [5.41, 5.74) is -0.398. The van der Waals surface area contributed by atoms with E-state index < -0.39 is 27.6 Å². The van der Waals surface area contributed by atoms with Gasteiger partial charge in [-0.15, -0.1) is 0 Å². The van der Waals surface area contributed by atoms with Crippen LogP contribution in [0.1, 0.15) is 39.2 Å². The van der Waals surface area contributed by atoms with Crippen molar-refractivity contribution in [2.75, 3.05) is 12.3 Å². The lowest BCUT2D eigenvalue weighted by molar-refractivity contribution is 0.0241. The van der Waals surface area contributed by atoms with Gasteiger partial charge in [0.25, 0.3) is 0 Å². The van der Waals surface area contributed by atoms with E-state index in [1.807, 2.05) is 6.07 Å². The lowest BCUT2D eigenvalue weighted by Gasteiger charge is -2.28. The van der Waals surface area contributed by atoms with E-state index in [2.05, 4.69) is 4.98 Å². The first-order valence-corrected chi connectivity index (χ1v) is 9.36. The fourth-order valence-corrected chi connectivity index (χ4v) is 4.11. The average molecular weight is 351 g/mol. The predicted molar refractivity (Wildman–Crippen MR) is 87.0 cm³/mol. The molecule has 0 aliphatic carbocycles. The Kier molecular flexibility index (Phi) is 5.13. The van der Waals surface area contributed by atoms with Gasteiger partial charge in [0, 0.05) is 18.8 Å². The standard InChI is InChI=1S/C16H21N3O4S/c1-16(2,3)23-15(20)19-8-4-5-13(19)11-24(21,22)14-9-12(10-17)6-7-18-14/h6-7,9,13H,4-5,8,11H2,1-3H3. The first kappa shape index (κ1) is 18.2. The van der Waals surface area contributed by atoms with Crippen LogP contribution in [0.5, 0.6) is 0 Å². The van der Waals surface area contributed by atoms with E-state index in [-0.39, 0.29) is 16.3 Å². The molecule has 0 spiro atoms. The van der Waals surface area contributed by atoms with Crippen LogP contribution in [-0.4, -0.2) is 48.3 Å². The van der Waals surface area contributed by atoms with Crippen LogP contribution in [0.4, 0.5) is 4.79 Å². The number of sulfone groups is 1. The summed E-state index contributed by atoms with van der Waals surface area (Å²) >= 11 is 0. The van der Waals surface area contributed by atoms with Crippen LogP contribution in [0.15, 0.2) is 23.4 Å². The van der Waals surface area contributed by atoms with E-state index in [9.17, 15) is 13.2 Å². The highest BCUT2D eigenvalue weighted by Crippen LogP contribution is 2.24. The molecular formula is C16H21N3O4S. The van der Waals surface area contributed by atoms with Gasteiger partial charge in [-0.2, -0.15) is 5.26 Å². The van der Waals surface area contributed by atoms with Crippen molar-refractivity contribution in [2.45, 2.75) is 50.3 Å². The van der Waals surface area contributed by atoms with Crippen molar-refractivity contribution in [2.24, 2.45) is 0 Å². The minimum atomic E-state index is -3.70. The Hall–Kier alpha value is -2.14. The van der Waals surface area contributed by atoms with Gasteiger partial charge in [-0.3, -0.25) is 0 Å². The molecule has 24 heavy (non-hydrogen) atoms. The number of likely N-dealkylation sites (tertiary alicyclic amines) is 1. The highest BCUT2D eigenvalue weighted by Gasteiger charge is 2.35. The first-order valence-electron chi connectivity index (χ1n) is 7.71. The summed E-state index contributed by atoms with van der Waals surface area (Å²) < 4.78 is 30.5. The summed E-state index contributed by atoms with van der Waals surface area (Å²) in [4.78, 5) is 17.6. The first-order chi connectivity index (χ1) is 11.1. The molecule has 2 rings (SSSR count). The third kappa shape index (κ3) is 4.45. The van der Waals surface area contributed by atoms with Crippen LogP contribution in [0, 0.1) is 11.3 Å². The third-order valence-corrected chi connectivity index (χ3v) is 5.28. The van der Waals surface area contributed by atoms with Crippen molar-refractivity contribution in [3.8, 4) is 6.07 Å². The van der Waals surface area contributed by atoms with Crippen molar-refractivity contribution >= 4 is 15.9 Å². The Morgan fingerprint density at radius 2 is 2.21 bits per heavy atom. The minimum absolute atomic E-state index is 0.141. The van der Waals surface area contributed by atoms with E-state index in [4.69, 9.17) is 10.00 Å². The Morgan fingerprint density at radius 3 is 2.83 bits per heavy atom. The van der Waals surface area contributed by atoms with Crippen LogP contribution in [-0.2, 0) is 14.6 Å². The van der Waals surface area contributed by atoms with Crippen molar-refractivity contribution in [3.63, 3.8) is 0 Å². The summed E-state index contributed by atoms with van der Waals surface area (Å²) in [6.45, 7) is 5.78. The lowest BCUT2D eigenvalue weighted by Crippen LogP contribution is -2.42. The molecule has 1 aromatic rings. The second-order valence-corrected chi connectivity index (χ2v) is 8.73. The molecule has 1 aliphatic rings. The number of rotatable bonds is 3. The van der Waals surface area contributed by atoms with Crippen molar-refractivity contribution < 1.29 is 17.9 Å². The number of nitriles is 1. The maximum absolute atomic E-state index is 12.6. The second-order valence-electron chi connectivity index (χ2n) is 6.75. The summed E-state index contributed by atoms with van der Waals surface area (Å²) in [6.07, 6.45) is 2.12. The monoisotopic (exact) mass is 351 g/mol. The van der Waals surface area contributed by atoms with E-state index >= 15 is 0 Å². The highest BCUT2D eigenvalue weighted by atomic mass is 32.2. The maximum atomic E-state index is 12.6. The molecule has 1 atom stereocenters. The van der Waals surface area contributed by atoms with Gasteiger partial charge >= 0.3 is 6.09 Å². The minimum Gasteiger partial charge on any atom is -0.444 e. The van der Waals surface area contributed by atoms with Crippen LogP contribution in [0.2, 0.25) is 0 Å². The number of carbonyl (C=O) groups excluding carboxylic acids is 1. The molecule has 130 valence electrons. The van der Waals surface area contributed by atoms with Gasteiger partial charge in [0.15, 0.2) is 14.9 Å². The van der Waals surface area contributed by atoms with Crippen LogP contribution < -0.4 is 0 Å². The van der Waals surface area contributed by atoms with Crippen molar-refractivity contribution in [1.29, 1.82) is 5.26 Å². The predicted octanol–water partition coefficient (Wildman–Crippen LogP) is 2.13.